The SMILES string of the molecule is C1=C(c2ccc3ccnn3c2)COC1. The summed E-state index contributed by atoms with van der Waals surface area (Å²) in [5, 5.41) is 4.20. The zero-order chi connectivity index (χ0) is 9.38. The zero-order valence-electron chi connectivity index (χ0n) is 7.68. The summed E-state index contributed by atoms with van der Waals surface area (Å²) in [7, 11) is 0. The molecule has 0 atom stereocenters. The normalized spacial score (nSPS) is 16.1. The molecule has 0 aromatic carbocycles. The highest BCUT2D eigenvalue weighted by Gasteiger charge is 2.07. The third kappa shape index (κ3) is 1.14. The van der Waals surface area contributed by atoms with Gasteiger partial charge in [0, 0.05) is 12.4 Å². The first kappa shape index (κ1) is 7.76. The van der Waals surface area contributed by atoms with E-state index in [2.05, 4.69) is 23.3 Å². The second-order valence-corrected chi connectivity index (χ2v) is 3.36. The summed E-state index contributed by atoms with van der Waals surface area (Å²) in [6.45, 7) is 1.44. The number of hydrogen-bond donors (Lipinski definition) is 0. The van der Waals surface area contributed by atoms with Crippen LogP contribution in [0.15, 0.2) is 36.7 Å². The van der Waals surface area contributed by atoms with Crippen LogP contribution in [0.4, 0.5) is 0 Å². The van der Waals surface area contributed by atoms with Gasteiger partial charge in [-0.3, -0.25) is 0 Å². The Balaban J connectivity index is 2.13. The van der Waals surface area contributed by atoms with Crippen molar-refractivity contribution in [2.75, 3.05) is 13.2 Å². The van der Waals surface area contributed by atoms with Crippen LogP contribution in [0.2, 0.25) is 0 Å². The van der Waals surface area contributed by atoms with E-state index >= 15 is 0 Å². The lowest BCUT2D eigenvalue weighted by Gasteiger charge is -2.01. The number of pyridine rings is 1. The molecule has 70 valence electrons. The molecule has 0 amide bonds. The third-order valence-electron chi connectivity index (χ3n) is 2.47. The number of fused-ring (bicyclic) bond motifs is 1. The van der Waals surface area contributed by atoms with Crippen molar-refractivity contribution in [1.29, 1.82) is 0 Å². The van der Waals surface area contributed by atoms with Crippen LogP contribution in [0.25, 0.3) is 11.1 Å². The third-order valence-corrected chi connectivity index (χ3v) is 2.47. The molecule has 0 spiro atoms. The molecule has 2 aromatic heterocycles. The molecule has 1 aliphatic rings. The zero-order valence-corrected chi connectivity index (χ0v) is 7.68. The molecule has 2 aromatic rings. The summed E-state index contributed by atoms with van der Waals surface area (Å²) in [4.78, 5) is 0. The second-order valence-electron chi connectivity index (χ2n) is 3.36. The molecule has 0 radical (unpaired) electrons. The minimum atomic E-state index is 0.715. The van der Waals surface area contributed by atoms with Crippen molar-refractivity contribution in [2.45, 2.75) is 0 Å². The van der Waals surface area contributed by atoms with Gasteiger partial charge in [0.25, 0.3) is 0 Å². The van der Waals surface area contributed by atoms with Crippen molar-refractivity contribution in [1.82, 2.24) is 9.61 Å². The van der Waals surface area contributed by atoms with E-state index in [-0.39, 0.29) is 0 Å². The maximum atomic E-state index is 5.28. The van der Waals surface area contributed by atoms with Gasteiger partial charge in [-0.05, 0) is 23.3 Å². The number of rotatable bonds is 1. The number of nitrogens with zero attached hydrogens (tertiary/aromatic N) is 2. The fourth-order valence-corrected chi connectivity index (χ4v) is 1.69. The Bertz CT molecular complexity index is 499. The molecule has 1 aliphatic heterocycles. The van der Waals surface area contributed by atoms with Gasteiger partial charge in [-0.2, -0.15) is 5.10 Å². The van der Waals surface area contributed by atoms with Crippen molar-refractivity contribution in [3.05, 3.63) is 42.2 Å². The Hall–Kier alpha value is -1.61. The molecule has 0 N–H and O–H groups in total. The summed E-state index contributed by atoms with van der Waals surface area (Å²) in [5.74, 6) is 0. The van der Waals surface area contributed by atoms with Crippen molar-refractivity contribution in [3.8, 4) is 0 Å². The van der Waals surface area contributed by atoms with Crippen LogP contribution in [0, 0.1) is 0 Å². The Morgan fingerprint density at radius 1 is 1.29 bits per heavy atom. The molecule has 0 aliphatic carbocycles. The summed E-state index contributed by atoms with van der Waals surface area (Å²) in [6, 6.07) is 6.17. The molecule has 0 saturated carbocycles. The Labute approximate surface area is 81.6 Å². The number of aromatic nitrogens is 2. The first-order valence-corrected chi connectivity index (χ1v) is 4.64. The van der Waals surface area contributed by atoms with Gasteiger partial charge in [-0.15, -0.1) is 0 Å². The van der Waals surface area contributed by atoms with Crippen LogP contribution >= 0.6 is 0 Å². The van der Waals surface area contributed by atoms with Crippen LogP contribution < -0.4 is 0 Å². The Kier molecular flexibility index (Phi) is 1.64. The lowest BCUT2D eigenvalue weighted by molar-refractivity contribution is 0.216. The van der Waals surface area contributed by atoms with Gasteiger partial charge in [-0.1, -0.05) is 12.1 Å². The maximum absolute atomic E-state index is 5.28. The molecular weight excluding hydrogens is 176 g/mol. The van der Waals surface area contributed by atoms with Crippen LogP contribution in [-0.4, -0.2) is 22.8 Å². The second kappa shape index (κ2) is 2.96. The minimum absolute atomic E-state index is 0.715. The number of ether oxygens (including phenoxy) is 1. The first-order chi connectivity index (χ1) is 6.93. The van der Waals surface area contributed by atoms with Crippen molar-refractivity contribution < 1.29 is 4.74 Å². The molecule has 3 rings (SSSR count). The van der Waals surface area contributed by atoms with E-state index in [1.807, 2.05) is 16.8 Å². The first-order valence-electron chi connectivity index (χ1n) is 4.64. The highest BCUT2D eigenvalue weighted by Crippen LogP contribution is 2.19. The lowest BCUT2D eigenvalue weighted by atomic mass is 10.1. The standard InChI is InChI=1S/C11H10N2O/c1-2-11-3-5-12-13(11)7-9(1)10-4-6-14-8-10/h1-5,7H,6,8H2. The van der Waals surface area contributed by atoms with Gasteiger partial charge < -0.3 is 4.74 Å². The lowest BCUT2D eigenvalue weighted by Crippen LogP contribution is -1.92. The average Bonchev–Trinajstić information content (AvgIpc) is 2.88. The van der Waals surface area contributed by atoms with E-state index in [1.165, 1.54) is 11.1 Å². The molecule has 0 saturated heterocycles. The van der Waals surface area contributed by atoms with Crippen LogP contribution in [0.3, 0.4) is 0 Å². The van der Waals surface area contributed by atoms with Gasteiger partial charge in [0.1, 0.15) is 0 Å². The molecule has 14 heavy (non-hydrogen) atoms. The molecule has 3 heteroatoms. The van der Waals surface area contributed by atoms with E-state index in [0.29, 0.717) is 6.61 Å². The summed E-state index contributed by atoms with van der Waals surface area (Å²) >= 11 is 0. The monoisotopic (exact) mass is 186 g/mol. The van der Waals surface area contributed by atoms with E-state index in [1.54, 1.807) is 6.20 Å². The summed E-state index contributed by atoms with van der Waals surface area (Å²) < 4.78 is 7.17. The molecule has 3 nitrogen and oxygen atoms in total. The van der Waals surface area contributed by atoms with E-state index < -0.39 is 0 Å². The maximum Gasteiger partial charge on any atom is 0.0725 e. The van der Waals surface area contributed by atoms with Crippen molar-refractivity contribution in [2.24, 2.45) is 0 Å². The molecule has 0 unspecified atom stereocenters. The fourth-order valence-electron chi connectivity index (χ4n) is 1.69. The van der Waals surface area contributed by atoms with Crippen LogP contribution in [0.1, 0.15) is 5.56 Å². The minimum Gasteiger partial charge on any atom is -0.373 e. The molecule has 0 fully saturated rings. The predicted molar refractivity (Wildman–Crippen MR) is 54.0 cm³/mol. The topological polar surface area (TPSA) is 26.5 Å². The van der Waals surface area contributed by atoms with Crippen molar-refractivity contribution >= 4 is 11.1 Å². The number of hydrogen-bond acceptors (Lipinski definition) is 2. The quantitative estimate of drug-likeness (QED) is 0.678. The van der Waals surface area contributed by atoms with E-state index in [9.17, 15) is 0 Å². The largest absolute Gasteiger partial charge is 0.373 e. The van der Waals surface area contributed by atoms with Gasteiger partial charge in [-0.25, -0.2) is 4.52 Å². The van der Waals surface area contributed by atoms with Gasteiger partial charge in [0.15, 0.2) is 0 Å². The average molecular weight is 186 g/mol. The highest BCUT2D eigenvalue weighted by molar-refractivity contribution is 5.68. The van der Waals surface area contributed by atoms with Crippen molar-refractivity contribution in [3.63, 3.8) is 0 Å². The van der Waals surface area contributed by atoms with E-state index in [4.69, 9.17) is 4.74 Å². The molecular formula is C11H10N2O. The van der Waals surface area contributed by atoms with E-state index in [0.717, 1.165) is 12.1 Å². The highest BCUT2D eigenvalue weighted by atomic mass is 16.5. The Morgan fingerprint density at radius 2 is 2.29 bits per heavy atom. The predicted octanol–water partition coefficient (Wildman–Crippen LogP) is 1.75. The van der Waals surface area contributed by atoms with Gasteiger partial charge in [0.05, 0.1) is 18.7 Å². The molecule has 3 heterocycles. The van der Waals surface area contributed by atoms with Crippen LogP contribution in [-0.2, 0) is 4.74 Å². The fraction of sp³-hybridized carbons (Fsp3) is 0.182. The van der Waals surface area contributed by atoms with Gasteiger partial charge in [0.2, 0.25) is 0 Å². The summed E-state index contributed by atoms with van der Waals surface area (Å²) in [6.07, 6.45) is 5.96. The molecule has 0 bridgehead atoms. The van der Waals surface area contributed by atoms with Gasteiger partial charge >= 0.3 is 0 Å². The summed E-state index contributed by atoms with van der Waals surface area (Å²) in [5.41, 5.74) is 3.56. The Morgan fingerprint density at radius 3 is 3.14 bits per heavy atom. The smallest absolute Gasteiger partial charge is 0.0725 e. The van der Waals surface area contributed by atoms with Crippen LogP contribution in [0.5, 0.6) is 0 Å².